The monoisotopic (exact) mass is 215 g/mol. The van der Waals surface area contributed by atoms with Crippen molar-refractivity contribution < 1.29 is 14.6 Å². The lowest BCUT2D eigenvalue weighted by Crippen LogP contribution is -2.49. The quantitative estimate of drug-likeness (QED) is 0.682. The molecule has 1 rings (SSSR count). The van der Waals surface area contributed by atoms with E-state index in [1.54, 1.807) is 0 Å². The van der Waals surface area contributed by atoms with Gasteiger partial charge in [0.25, 0.3) is 0 Å². The average molecular weight is 215 g/mol. The minimum absolute atomic E-state index is 0.137. The molecule has 15 heavy (non-hydrogen) atoms. The van der Waals surface area contributed by atoms with E-state index in [9.17, 15) is 9.90 Å². The van der Waals surface area contributed by atoms with Crippen LogP contribution in [0.5, 0.6) is 0 Å². The first-order valence-electron chi connectivity index (χ1n) is 5.68. The number of ether oxygens (including phenoxy) is 1. The first kappa shape index (κ1) is 12.5. The Balaban J connectivity index is 2.38. The molecule has 1 saturated heterocycles. The normalized spacial score (nSPS) is 28.5. The Morgan fingerprint density at radius 1 is 1.60 bits per heavy atom. The van der Waals surface area contributed by atoms with Crippen LogP contribution < -0.4 is 5.32 Å². The van der Waals surface area contributed by atoms with Crippen LogP contribution in [0.25, 0.3) is 0 Å². The zero-order valence-electron chi connectivity index (χ0n) is 9.53. The van der Waals surface area contributed by atoms with Gasteiger partial charge in [0.05, 0.1) is 19.6 Å². The first-order chi connectivity index (χ1) is 7.17. The third-order valence-electron chi connectivity index (χ3n) is 3.04. The predicted octanol–water partition coefficient (Wildman–Crippen LogP) is 0.831. The molecular formula is C11H21NO3. The highest BCUT2D eigenvalue weighted by atomic mass is 16.5. The van der Waals surface area contributed by atoms with Crippen molar-refractivity contribution in [2.75, 3.05) is 7.11 Å². The van der Waals surface area contributed by atoms with Gasteiger partial charge in [0, 0.05) is 12.1 Å². The minimum Gasteiger partial charge on any atom is -0.469 e. The SMILES string of the molecule is CC[C@H](O)[C@@H]1CCC[C@H](CC(=O)OC)N1. The number of aliphatic hydroxyl groups is 1. The molecule has 0 aromatic carbocycles. The summed E-state index contributed by atoms with van der Waals surface area (Å²) in [6.07, 6.45) is 3.90. The number of hydrogen-bond acceptors (Lipinski definition) is 4. The number of hydrogen-bond donors (Lipinski definition) is 2. The summed E-state index contributed by atoms with van der Waals surface area (Å²) in [6, 6.07) is 0.302. The second-order valence-electron chi connectivity index (χ2n) is 4.16. The third-order valence-corrected chi connectivity index (χ3v) is 3.04. The molecule has 3 atom stereocenters. The maximum Gasteiger partial charge on any atom is 0.307 e. The summed E-state index contributed by atoms with van der Waals surface area (Å²) >= 11 is 0. The number of nitrogens with one attached hydrogen (secondary N) is 1. The molecule has 0 aromatic heterocycles. The molecule has 1 aliphatic rings. The lowest BCUT2D eigenvalue weighted by molar-refractivity contribution is -0.141. The number of carbonyl (C=O) groups excluding carboxylic acids is 1. The molecule has 0 radical (unpaired) electrons. The maximum atomic E-state index is 11.1. The van der Waals surface area contributed by atoms with Gasteiger partial charge in [0.1, 0.15) is 0 Å². The van der Waals surface area contributed by atoms with Crippen LogP contribution in [0.4, 0.5) is 0 Å². The van der Waals surface area contributed by atoms with E-state index in [1.165, 1.54) is 7.11 Å². The van der Waals surface area contributed by atoms with Crippen molar-refractivity contribution in [2.45, 2.75) is 57.2 Å². The molecule has 1 heterocycles. The van der Waals surface area contributed by atoms with Gasteiger partial charge in [-0.15, -0.1) is 0 Å². The molecule has 0 unspecified atom stereocenters. The highest BCUT2D eigenvalue weighted by Gasteiger charge is 2.26. The summed E-state index contributed by atoms with van der Waals surface area (Å²) in [5.74, 6) is -0.181. The van der Waals surface area contributed by atoms with Crippen LogP contribution in [0.3, 0.4) is 0 Å². The second-order valence-corrected chi connectivity index (χ2v) is 4.16. The molecule has 4 heteroatoms. The van der Waals surface area contributed by atoms with Crippen LogP contribution >= 0.6 is 0 Å². The van der Waals surface area contributed by atoms with Crippen molar-refractivity contribution >= 4 is 5.97 Å². The highest BCUT2D eigenvalue weighted by Crippen LogP contribution is 2.18. The molecule has 0 spiro atoms. The zero-order valence-corrected chi connectivity index (χ0v) is 9.53. The average Bonchev–Trinajstić information content (AvgIpc) is 2.28. The number of carbonyl (C=O) groups is 1. The lowest BCUT2D eigenvalue weighted by atomic mass is 9.92. The summed E-state index contributed by atoms with van der Waals surface area (Å²) < 4.78 is 4.63. The van der Waals surface area contributed by atoms with Gasteiger partial charge in [-0.3, -0.25) is 4.79 Å². The Morgan fingerprint density at radius 3 is 2.93 bits per heavy atom. The molecule has 88 valence electrons. The number of aliphatic hydroxyl groups excluding tert-OH is 1. The van der Waals surface area contributed by atoms with E-state index in [0.717, 1.165) is 25.7 Å². The molecule has 0 bridgehead atoms. The highest BCUT2D eigenvalue weighted by molar-refractivity contribution is 5.69. The molecule has 0 aromatic rings. The summed E-state index contributed by atoms with van der Waals surface area (Å²) in [5.41, 5.74) is 0. The van der Waals surface area contributed by atoms with E-state index in [4.69, 9.17) is 0 Å². The van der Waals surface area contributed by atoms with Gasteiger partial charge in [-0.25, -0.2) is 0 Å². The zero-order chi connectivity index (χ0) is 11.3. The Bertz CT molecular complexity index is 208. The topological polar surface area (TPSA) is 58.6 Å². The van der Waals surface area contributed by atoms with Crippen LogP contribution in [-0.2, 0) is 9.53 Å². The van der Waals surface area contributed by atoms with Crippen molar-refractivity contribution in [1.29, 1.82) is 0 Å². The molecular weight excluding hydrogens is 194 g/mol. The molecule has 1 fully saturated rings. The summed E-state index contributed by atoms with van der Waals surface area (Å²) in [7, 11) is 1.41. The van der Waals surface area contributed by atoms with E-state index in [-0.39, 0.29) is 24.2 Å². The standard InChI is InChI=1S/C11H21NO3/c1-3-10(13)9-6-4-5-8(12-9)7-11(14)15-2/h8-10,12-13H,3-7H2,1-2H3/t8-,9+,10+/m1/s1. The number of methoxy groups -OCH3 is 1. The van der Waals surface area contributed by atoms with Gasteiger partial charge in [0.2, 0.25) is 0 Å². The van der Waals surface area contributed by atoms with E-state index in [0.29, 0.717) is 6.42 Å². The van der Waals surface area contributed by atoms with Crippen molar-refractivity contribution in [3.8, 4) is 0 Å². The summed E-state index contributed by atoms with van der Waals surface area (Å²) in [5, 5.41) is 13.0. The molecule has 0 amide bonds. The van der Waals surface area contributed by atoms with E-state index in [2.05, 4.69) is 10.1 Å². The van der Waals surface area contributed by atoms with Crippen molar-refractivity contribution in [3.63, 3.8) is 0 Å². The Morgan fingerprint density at radius 2 is 2.33 bits per heavy atom. The van der Waals surface area contributed by atoms with Crippen molar-refractivity contribution in [2.24, 2.45) is 0 Å². The van der Waals surface area contributed by atoms with Gasteiger partial charge in [-0.2, -0.15) is 0 Å². The van der Waals surface area contributed by atoms with E-state index >= 15 is 0 Å². The van der Waals surface area contributed by atoms with Gasteiger partial charge in [-0.1, -0.05) is 13.3 Å². The Hall–Kier alpha value is -0.610. The summed E-state index contributed by atoms with van der Waals surface area (Å²) in [4.78, 5) is 11.1. The predicted molar refractivity (Wildman–Crippen MR) is 57.5 cm³/mol. The van der Waals surface area contributed by atoms with Crippen LogP contribution in [0.15, 0.2) is 0 Å². The van der Waals surface area contributed by atoms with Crippen LogP contribution in [0, 0.1) is 0 Å². The van der Waals surface area contributed by atoms with Crippen LogP contribution in [-0.4, -0.2) is 36.4 Å². The Kier molecular flexibility index (Phi) is 5.05. The second kappa shape index (κ2) is 6.08. The number of esters is 1. The van der Waals surface area contributed by atoms with Crippen molar-refractivity contribution in [3.05, 3.63) is 0 Å². The molecule has 0 saturated carbocycles. The number of rotatable bonds is 4. The Labute approximate surface area is 91.0 Å². The summed E-state index contributed by atoms with van der Waals surface area (Å²) in [6.45, 7) is 1.97. The fourth-order valence-corrected chi connectivity index (χ4v) is 2.09. The molecule has 2 N–H and O–H groups in total. The smallest absolute Gasteiger partial charge is 0.307 e. The van der Waals surface area contributed by atoms with Gasteiger partial charge >= 0.3 is 5.97 Å². The minimum atomic E-state index is -0.301. The molecule has 4 nitrogen and oxygen atoms in total. The first-order valence-corrected chi connectivity index (χ1v) is 5.68. The van der Waals surface area contributed by atoms with E-state index < -0.39 is 0 Å². The van der Waals surface area contributed by atoms with Gasteiger partial charge in [-0.05, 0) is 19.3 Å². The van der Waals surface area contributed by atoms with Crippen molar-refractivity contribution in [1.82, 2.24) is 5.32 Å². The lowest BCUT2D eigenvalue weighted by Gasteiger charge is -2.33. The van der Waals surface area contributed by atoms with Crippen LogP contribution in [0.1, 0.15) is 39.0 Å². The third kappa shape index (κ3) is 3.80. The number of piperidine rings is 1. The van der Waals surface area contributed by atoms with Gasteiger partial charge in [0.15, 0.2) is 0 Å². The maximum absolute atomic E-state index is 11.1. The van der Waals surface area contributed by atoms with E-state index in [1.807, 2.05) is 6.92 Å². The fraction of sp³-hybridized carbons (Fsp3) is 0.909. The fourth-order valence-electron chi connectivity index (χ4n) is 2.09. The molecule has 0 aliphatic carbocycles. The van der Waals surface area contributed by atoms with Crippen LogP contribution in [0.2, 0.25) is 0 Å². The molecule has 1 aliphatic heterocycles. The van der Waals surface area contributed by atoms with Gasteiger partial charge < -0.3 is 15.2 Å². The largest absolute Gasteiger partial charge is 0.469 e.